The molecule has 1 heterocycles. The van der Waals surface area contributed by atoms with Crippen molar-refractivity contribution in [2.24, 2.45) is 4.99 Å². The fourth-order valence-electron chi connectivity index (χ4n) is 1.73. The Morgan fingerprint density at radius 2 is 2.27 bits per heavy atom. The molecule has 1 rings (SSSR count). The molecule has 0 amide bonds. The largest absolute Gasteiger partial charge is 0.356 e. The monoisotopic (exact) mass is 212 g/mol. The number of likely N-dealkylation sites (N-methyl/N-ethyl adjacent to an activating group) is 1. The second-order valence-electron chi connectivity index (χ2n) is 3.87. The van der Waals surface area contributed by atoms with E-state index < -0.39 is 0 Å². The van der Waals surface area contributed by atoms with Crippen molar-refractivity contribution < 1.29 is 0 Å². The van der Waals surface area contributed by atoms with Gasteiger partial charge in [-0.2, -0.15) is 0 Å². The average molecular weight is 212 g/mol. The van der Waals surface area contributed by atoms with Crippen LogP contribution in [0.3, 0.4) is 0 Å². The molecule has 4 nitrogen and oxygen atoms in total. The first-order valence-electron chi connectivity index (χ1n) is 6.11. The maximum atomic E-state index is 4.37. The van der Waals surface area contributed by atoms with E-state index in [1.165, 1.54) is 13.0 Å². The highest BCUT2D eigenvalue weighted by molar-refractivity contribution is 5.80. The fourth-order valence-corrected chi connectivity index (χ4v) is 1.73. The molecule has 0 aromatic heterocycles. The molecular weight excluding hydrogens is 188 g/mol. The predicted octanol–water partition coefficient (Wildman–Crippen LogP) is 0.657. The highest BCUT2D eigenvalue weighted by Crippen LogP contribution is 1.90. The first-order valence-corrected chi connectivity index (χ1v) is 6.11. The van der Waals surface area contributed by atoms with Crippen molar-refractivity contribution in [3.8, 4) is 0 Å². The Morgan fingerprint density at radius 1 is 1.40 bits per heavy atom. The van der Waals surface area contributed by atoms with Crippen LogP contribution >= 0.6 is 0 Å². The van der Waals surface area contributed by atoms with Crippen molar-refractivity contribution >= 4 is 5.96 Å². The minimum absolute atomic E-state index is 0.960. The van der Waals surface area contributed by atoms with Crippen molar-refractivity contribution in [2.75, 3.05) is 39.3 Å². The van der Waals surface area contributed by atoms with Gasteiger partial charge in [-0.3, -0.25) is 4.99 Å². The molecule has 0 saturated heterocycles. The maximum Gasteiger partial charge on any atom is 0.191 e. The van der Waals surface area contributed by atoms with Crippen molar-refractivity contribution in [2.45, 2.75) is 26.7 Å². The van der Waals surface area contributed by atoms with E-state index in [2.05, 4.69) is 34.4 Å². The number of nitrogens with zero attached hydrogens (tertiary/aromatic N) is 2. The van der Waals surface area contributed by atoms with Gasteiger partial charge in [0.2, 0.25) is 0 Å². The molecular formula is C11H24N4. The highest BCUT2D eigenvalue weighted by atomic mass is 15.2. The number of hydrogen-bond acceptors (Lipinski definition) is 4. The van der Waals surface area contributed by atoms with Crippen LogP contribution in [0.15, 0.2) is 4.99 Å². The molecule has 0 bridgehead atoms. The van der Waals surface area contributed by atoms with E-state index in [4.69, 9.17) is 0 Å². The Labute approximate surface area is 93.1 Å². The minimum Gasteiger partial charge on any atom is -0.356 e. The molecule has 0 unspecified atom stereocenters. The van der Waals surface area contributed by atoms with Crippen molar-refractivity contribution in [3.05, 3.63) is 0 Å². The lowest BCUT2D eigenvalue weighted by Crippen LogP contribution is -2.43. The van der Waals surface area contributed by atoms with Crippen LogP contribution in [0.1, 0.15) is 26.7 Å². The second-order valence-corrected chi connectivity index (χ2v) is 3.87. The maximum absolute atomic E-state index is 4.37. The molecule has 0 saturated carbocycles. The van der Waals surface area contributed by atoms with E-state index in [0.717, 1.165) is 45.1 Å². The summed E-state index contributed by atoms with van der Waals surface area (Å²) in [6, 6.07) is 0. The molecule has 0 aromatic carbocycles. The van der Waals surface area contributed by atoms with Gasteiger partial charge in [0, 0.05) is 26.2 Å². The van der Waals surface area contributed by atoms with Gasteiger partial charge in [0.05, 0.1) is 0 Å². The number of nitrogens with one attached hydrogen (secondary N) is 2. The Bertz CT molecular complexity index is 191. The van der Waals surface area contributed by atoms with Gasteiger partial charge in [0.25, 0.3) is 0 Å². The zero-order valence-electron chi connectivity index (χ0n) is 10.1. The Hall–Kier alpha value is -0.770. The molecule has 0 radical (unpaired) electrons. The Balaban J connectivity index is 2.11. The first kappa shape index (κ1) is 12.3. The van der Waals surface area contributed by atoms with Gasteiger partial charge >= 0.3 is 0 Å². The van der Waals surface area contributed by atoms with Gasteiger partial charge in [-0.15, -0.1) is 0 Å². The summed E-state index contributed by atoms with van der Waals surface area (Å²) in [5.74, 6) is 0.980. The lowest BCUT2D eigenvalue weighted by Gasteiger charge is -2.21. The summed E-state index contributed by atoms with van der Waals surface area (Å²) < 4.78 is 0. The molecule has 88 valence electrons. The SMILES string of the molecule is CCCN(CC)CCNC1=NCCCN1. The summed E-state index contributed by atoms with van der Waals surface area (Å²) in [5, 5.41) is 6.61. The lowest BCUT2D eigenvalue weighted by molar-refractivity contribution is 0.293. The third kappa shape index (κ3) is 5.02. The van der Waals surface area contributed by atoms with Crippen molar-refractivity contribution in [3.63, 3.8) is 0 Å². The zero-order chi connectivity index (χ0) is 10.9. The average Bonchev–Trinajstić information content (AvgIpc) is 2.29. The number of guanidine groups is 1. The number of aliphatic imine (C=N–C) groups is 1. The minimum atomic E-state index is 0.960. The molecule has 1 aliphatic heterocycles. The topological polar surface area (TPSA) is 39.7 Å². The summed E-state index contributed by atoms with van der Waals surface area (Å²) >= 11 is 0. The third-order valence-electron chi connectivity index (χ3n) is 2.60. The lowest BCUT2D eigenvalue weighted by atomic mass is 10.4. The molecule has 0 atom stereocenters. The number of hydrogen-bond donors (Lipinski definition) is 2. The van der Waals surface area contributed by atoms with Gasteiger partial charge < -0.3 is 15.5 Å². The number of rotatable bonds is 6. The van der Waals surface area contributed by atoms with E-state index in [9.17, 15) is 0 Å². The van der Waals surface area contributed by atoms with Gasteiger partial charge in [-0.25, -0.2) is 0 Å². The summed E-state index contributed by atoms with van der Waals surface area (Å²) in [6.07, 6.45) is 2.38. The van der Waals surface area contributed by atoms with Gasteiger partial charge in [0.1, 0.15) is 0 Å². The van der Waals surface area contributed by atoms with Crippen LogP contribution in [-0.4, -0.2) is 50.1 Å². The molecule has 2 N–H and O–H groups in total. The van der Waals surface area contributed by atoms with E-state index in [0.29, 0.717) is 0 Å². The van der Waals surface area contributed by atoms with Gasteiger partial charge in [-0.05, 0) is 25.9 Å². The van der Waals surface area contributed by atoms with Crippen LogP contribution in [-0.2, 0) is 0 Å². The fraction of sp³-hybridized carbons (Fsp3) is 0.909. The van der Waals surface area contributed by atoms with Crippen molar-refractivity contribution in [1.82, 2.24) is 15.5 Å². The molecule has 0 fully saturated rings. The second kappa shape index (κ2) is 7.51. The standard InChI is InChI=1S/C11H24N4/c1-3-9-15(4-2)10-8-14-11-12-6-5-7-13-11/h3-10H2,1-2H3,(H2,12,13,14). The van der Waals surface area contributed by atoms with E-state index >= 15 is 0 Å². The highest BCUT2D eigenvalue weighted by Gasteiger charge is 2.04. The van der Waals surface area contributed by atoms with Crippen LogP contribution in [0, 0.1) is 0 Å². The normalized spacial score (nSPS) is 16.1. The summed E-state index contributed by atoms with van der Waals surface area (Å²) in [6.45, 7) is 10.9. The molecule has 0 aliphatic carbocycles. The van der Waals surface area contributed by atoms with Crippen LogP contribution in [0.2, 0.25) is 0 Å². The smallest absolute Gasteiger partial charge is 0.191 e. The third-order valence-corrected chi connectivity index (χ3v) is 2.60. The Morgan fingerprint density at radius 3 is 2.87 bits per heavy atom. The molecule has 4 heteroatoms. The molecule has 15 heavy (non-hydrogen) atoms. The zero-order valence-corrected chi connectivity index (χ0v) is 10.1. The molecule has 0 aromatic rings. The molecule has 1 aliphatic rings. The first-order chi connectivity index (χ1) is 7.36. The molecule has 0 spiro atoms. The van der Waals surface area contributed by atoms with Gasteiger partial charge in [-0.1, -0.05) is 13.8 Å². The summed E-state index contributed by atoms with van der Waals surface area (Å²) in [4.78, 5) is 6.83. The van der Waals surface area contributed by atoms with Crippen LogP contribution in [0.5, 0.6) is 0 Å². The van der Waals surface area contributed by atoms with Gasteiger partial charge in [0.15, 0.2) is 5.96 Å². The summed E-state index contributed by atoms with van der Waals surface area (Å²) in [5.41, 5.74) is 0. The van der Waals surface area contributed by atoms with E-state index in [-0.39, 0.29) is 0 Å². The quantitative estimate of drug-likeness (QED) is 0.679. The van der Waals surface area contributed by atoms with Crippen molar-refractivity contribution in [1.29, 1.82) is 0 Å². The van der Waals surface area contributed by atoms with E-state index in [1.54, 1.807) is 0 Å². The predicted molar refractivity (Wildman–Crippen MR) is 65.3 cm³/mol. The Kier molecular flexibility index (Phi) is 6.16. The summed E-state index contributed by atoms with van der Waals surface area (Å²) in [7, 11) is 0. The van der Waals surface area contributed by atoms with E-state index in [1.807, 2.05) is 0 Å². The van der Waals surface area contributed by atoms with Crippen LogP contribution in [0.4, 0.5) is 0 Å². The van der Waals surface area contributed by atoms with Crippen LogP contribution < -0.4 is 10.6 Å². The van der Waals surface area contributed by atoms with Crippen LogP contribution in [0.25, 0.3) is 0 Å².